The fourth-order valence-corrected chi connectivity index (χ4v) is 3.36. The average Bonchev–Trinajstić information content (AvgIpc) is 2.78. The number of ether oxygens (including phenoxy) is 1. The maximum Gasteiger partial charge on any atom is 0.328 e. The number of likely N-dealkylation sites (tertiary alicyclic amines) is 1. The van der Waals surface area contributed by atoms with E-state index in [1.165, 1.54) is 7.11 Å². The molecule has 0 bridgehead atoms. The van der Waals surface area contributed by atoms with Gasteiger partial charge < -0.3 is 9.64 Å². The van der Waals surface area contributed by atoms with Gasteiger partial charge in [-0.1, -0.05) is 0 Å². The normalized spacial score (nSPS) is 19.8. The van der Waals surface area contributed by atoms with Gasteiger partial charge in [0.05, 0.1) is 13.2 Å². The highest BCUT2D eigenvalue weighted by molar-refractivity contribution is 5.88. The van der Waals surface area contributed by atoms with Crippen molar-refractivity contribution < 1.29 is 14.3 Å². The molecule has 2 atom stereocenters. The molecule has 1 saturated heterocycles. The number of amides is 1. The number of methoxy groups -OCH3 is 1. The van der Waals surface area contributed by atoms with Crippen LogP contribution in [0.1, 0.15) is 48.3 Å². The molecule has 114 valence electrons. The zero-order valence-corrected chi connectivity index (χ0v) is 13.3. The molecule has 0 saturated carbocycles. The summed E-state index contributed by atoms with van der Waals surface area (Å²) in [6.45, 7) is 7.86. The molecule has 1 aliphatic heterocycles. The van der Waals surface area contributed by atoms with Crippen LogP contribution in [0.5, 0.6) is 0 Å². The second-order valence-corrected chi connectivity index (χ2v) is 5.63. The van der Waals surface area contributed by atoms with E-state index < -0.39 is 6.04 Å². The summed E-state index contributed by atoms with van der Waals surface area (Å²) in [6, 6.07) is 1.33. The van der Waals surface area contributed by atoms with Crippen LogP contribution in [0.3, 0.4) is 0 Å². The Hall–Kier alpha value is -1.91. The second kappa shape index (κ2) is 5.84. The molecule has 5 nitrogen and oxygen atoms in total. The number of pyridine rings is 1. The fraction of sp³-hybridized carbons (Fsp3) is 0.562. The molecular weight excluding hydrogens is 268 g/mol. The molecule has 2 unspecified atom stereocenters. The predicted molar refractivity (Wildman–Crippen MR) is 78.7 cm³/mol. The third kappa shape index (κ3) is 2.77. The van der Waals surface area contributed by atoms with Crippen LogP contribution in [0, 0.1) is 20.8 Å². The minimum atomic E-state index is -0.488. The van der Waals surface area contributed by atoms with Gasteiger partial charge in [0.2, 0.25) is 5.91 Å². The third-order valence-corrected chi connectivity index (χ3v) is 4.15. The van der Waals surface area contributed by atoms with Crippen LogP contribution in [0.25, 0.3) is 0 Å². The lowest BCUT2D eigenvalue weighted by molar-refractivity contribution is -0.150. The van der Waals surface area contributed by atoms with Crippen LogP contribution in [-0.4, -0.2) is 34.9 Å². The highest BCUT2D eigenvalue weighted by Crippen LogP contribution is 2.33. The van der Waals surface area contributed by atoms with Gasteiger partial charge >= 0.3 is 5.97 Å². The van der Waals surface area contributed by atoms with Crippen LogP contribution < -0.4 is 0 Å². The Balaban J connectivity index is 2.40. The van der Waals surface area contributed by atoms with Gasteiger partial charge in [0.1, 0.15) is 6.04 Å². The van der Waals surface area contributed by atoms with Gasteiger partial charge in [0.15, 0.2) is 0 Å². The summed E-state index contributed by atoms with van der Waals surface area (Å²) in [5, 5.41) is 0. The van der Waals surface area contributed by atoms with Crippen molar-refractivity contribution in [3.63, 3.8) is 0 Å². The molecule has 21 heavy (non-hydrogen) atoms. The van der Waals surface area contributed by atoms with Crippen molar-refractivity contribution in [2.75, 3.05) is 7.11 Å². The molecule has 2 heterocycles. The lowest BCUT2D eigenvalue weighted by Gasteiger charge is -2.31. The summed E-state index contributed by atoms with van der Waals surface area (Å²) in [5.41, 5.74) is 3.97. The number of carbonyl (C=O) groups is 2. The van der Waals surface area contributed by atoms with E-state index in [4.69, 9.17) is 4.74 Å². The summed E-state index contributed by atoms with van der Waals surface area (Å²) in [5.74, 6) is -0.347. The Bertz CT molecular complexity index is 560. The summed E-state index contributed by atoms with van der Waals surface area (Å²) >= 11 is 0. The lowest BCUT2D eigenvalue weighted by Crippen LogP contribution is -2.41. The Labute approximate surface area is 125 Å². The molecule has 0 N–H and O–H groups in total. The van der Waals surface area contributed by atoms with E-state index in [-0.39, 0.29) is 17.9 Å². The molecule has 5 heteroatoms. The zero-order chi connectivity index (χ0) is 15.7. The van der Waals surface area contributed by atoms with Crippen molar-refractivity contribution in [2.45, 2.75) is 52.6 Å². The largest absolute Gasteiger partial charge is 0.467 e. The highest BCUT2D eigenvalue weighted by atomic mass is 16.5. The van der Waals surface area contributed by atoms with E-state index in [2.05, 4.69) is 4.98 Å². The molecule has 1 amide bonds. The standard InChI is InChI=1S/C16H22N2O3/c1-9-8-10(2)17-11(3)15(9)12(4)18-13(16(20)21-5)6-7-14(18)19/h8,12-13H,6-7H2,1-5H3. The SMILES string of the molecule is COC(=O)C1CCC(=O)N1C(C)c1c(C)cc(C)nc1C. The fourth-order valence-electron chi connectivity index (χ4n) is 3.36. The van der Waals surface area contributed by atoms with Crippen LogP contribution in [-0.2, 0) is 14.3 Å². The molecule has 0 spiro atoms. The number of aromatic nitrogens is 1. The van der Waals surface area contributed by atoms with E-state index in [0.717, 1.165) is 22.5 Å². The van der Waals surface area contributed by atoms with Gasteiger partial charge in [0.25, 0.3) is 0 Å². The van der Waals surface area contributed by atoms with E-state index in [9.17, 15) is 9.59 Å². The first-order valence-corrected chi connectivity index (χ1v) is 7.20. The molecule has 0 aliphatic carbocycles. The minimum absolute atomic E-state index is 0.00252. The first-order chi connectivity index (χ1) is 9.86. The second-order valence-electron chi connectivity index (χ2n) is 5.63. The minimum Gasteiger partial charge on any atom is -0.467 e. The van der Waals surface area contributed by atoms with Gasteiger partial charge in [-0.05, 0) is 51.3 Å². The molecule has 2 rings (SSSR count). The smallest absolute Gasteiger partial charge is 0.328 e. The Morgan fingerprint density at radius 3 is 2.67 bits per heavy atom. The number of hydrogen-bond donors (Lipinski definition) is 0. The number of carbonyl (C=O) groups excluding carboxylic acids is 2. The van der Waals surface area contributed by atoms with Crippen LogP contribution >= 0.6 is 0 Å². The summed E-state index contributed by atoms with van der Waals surface area (Å²) < 4.78 is 4.83. The summed E-state index contributed by atoms with van der Waals surface area (Å²) in [7, 11) is 1.36. The Morgan fingerprint density at radius 2 is 2.10 bits per heavy atom. The summed E-state index contributed by atoms with van der Waals surface area (Å²) in [4.78, 5) is 30.2. The van der Waals surface area contributed by atoms with Crippen molar-refractivity contribution in [2.24, 2.45) is 0 Å². The van der Waals surface area contributed by atoms with Gasteiger partial charge in [0, 0.05) is 17.8 Å². The topological polar surface area (TPSA) is 59.5 Å². The van der Waals surface area contributed by atoms with E-state index in [0.29, 0.717) is 12.8 Å². The van der Waals surface area contributed by atoms with Crippen molar-refractivity contribution in [3.8, 4) is 0 Å². The number of hydrogen-bond acceptors (Lipinski definition) is 4. The Morgan fingerprint density at radius 1 is 1.43 bits per heavy atom. The van der Waals surface area contributed by atoms with Crippen LogP contribution in [0.4, 0.5) is 0 Å². The number of aryl methyl sites for hydroxylation is 3. The van der Waals surface area contributed by atoms with Crippen LogP contribution in [0.2, 0.25) is 0 Å². The quantitative estimate of drug-likeness (QED) is 0.801. The maximum atomic E-state index is 12.2. The zero-order valence-electron chi connectivity index (χ0n) is 13.3. The molecule has 0 aromatic carbocycles. The molecule has 1 aliphatic rings. The number of rotatable bonds is 3. The third-order valence-electron chi connectivity index (χ3n) is 4.15. The predicted octanol–water partition coefficient (Wildman–Crippen LogP) is 2.23. The van der Waals surface area contributed by atoms with Crippen molar-refractivity contribution >= 4 is 11.9 Å². The van der Waals surface area contributed by atoms with E-state index >= 15 is 0 Å². The maximum absolute atomic E-state index is 12.2. The van der Waals surface area contributed by atoms with Crippen LogP contribution in [0.15, 0.2) is 6.07 Å². The monoisotopic (exact) mass is 290 g/mol. The Kier molecular flexibility index (Phi) is 4.30. The molecule has 0 radical (unpaired) electrons. The molecule has 1 aromatic rings. The van der Waals surface area contributed by atoms with Gasteiger partial charge in [-0.3, -0.25) is 9.78 Å². The van der Waals surface area contributed by atoms with Gasteiger partial charge in [-0.25, -0.2) is 4.79 Å². The highest BCUT2D eigenvalue weighted by Gasteiger charge is 2.40. The van der Waals surface area contributed by atoms with Gasteiger partial charge in [-0.2, -0.15) is 0 Å². The molecule has 1 fully saturated rings. The lowest BCUT2D eigenvalue weighted by atomic mass is 9.98. The van der Waals surface area contributed by atoms with Crippen molar-refractivity contribution in [1.82, 2.24) is 9.88 Å². The van der Waals surface area contributed by atoms with Gasteiger partial charge in [-0.15, -0.1) is 0 Å². The molecule has 1 aromatic heterocycles. The van der Waals surface area contributed by atoms with Crippen molar-refractivity contribution in [3.05, 3.63) is 28.6 Å². The average molecular weight is 290 g/mol. The van der Waals surface area contributed by atoms with Crippen molar-refractivity contribution in [1.29, 1.82) is 0 Å². The molecular formula is C16H22N2O3. The summed E-state index contributed by atoms with van der Waals surface area (Å²) in [6.07, 6.45) is 0.911. The number of nitrogens with zero attached hydrogens (tertiary/aromatic N) is 2. The van der Waals surface area contributed by atoms with E-state index in [1.54, 1.807) is 4.90 Å². The number of esters is 1. The first kappa shape index (κ1) is 15.5. The van der Waals surface area contributed by atoms with E-state index in [1.807, 2.05) is 33.8 Å². The first-order valence-electron chi connectivity index (χ1n) is 7.20.